The van der Waals surface area contributed by atoms with E-state index in [1.165, 1.54) is 6.07 Å². The molecule has 0 saturated carbocycles. The molecular formula is C16H13NO3S. The lowest BCUT2D eigenvalue weighted by Crippen LogP contribution is -2.36. The number of anilines is 1. The van der Waals surface area contributed by atoms with E-state index in [1.54, 1.807) is 34.9 Å². The predicted octanol–water partition coefficient (Wildman–Crippen LogP) is 3.14. The lowest BCUT2D eigenvalue weighted by atomic mass is 10.1. The van der Waals surface area contributed by atoms with Gasteiger partial charge in [-0.15, -0.1) is 11.8 Å². The number of benzene rings is 2. The third-order valence-corrected chi connectivity index (χ3v) is 4.40. The number of aromatic carboxylic acids is 1. The van der Waals surface area contributed by atoms with Gasteiger partial charge in [0.15, 0.2) is 0 Å². The van der Waals surface area contributed by atoms with Crippen molar-refractivity contribution in [3.63, 3.8) is 0 Å². The van der Waals surface area contributed by atoms with Gasteiger partial charge in [-0.05, 0) is 24.3 Å². The average molecular weight is 299 g/mol. The van der Waals surface area contributed by atoms with Crippen molar-refractivity contribution in [2.75, 3.05) is 17.2 Å². The van der Waals surface area contributed by atoms with Crippen molar-refractivity contribution < 1.29 is 14.7 Å². The molecule has 0 unspecified atom stereocenters. The van der Waals surface area contributed by atoms with Gasteiger partial charge >= 0.3 is 5.97 Å². The first kappa shape index (κ1) is 13.7. The molecule has 3 rings (SSSR count). The number of nitrogens with zero attached hydrogens (tertiary/aromatic N) is 1. The fourth-order valence-electron chi connectivity index (χ4n) is 2.38. The first-order valence-corrected chi connectivity index (χ1v) is 7.53. The Bertz CT molecular complexity index is 714. The van der Waals surface area contributed by atoms with Gasteiger partial charge in [0, 0.05) is 17.2 Å². The van der Waals surface area contributed by atoms with Crippen LogP contribution in [0.15, 0.2) is 53.4 Å². The smallest absolute Gasteiger partial charge is 0.336 e. The molecular weight excluding hydrogens is 286 g/mol. The molecule has 0 aliphatic carbocycles. The number of hydrogen-bond acceptors (Lipinski definition) is 3. The molecule has 106 valence electrons. The Kier molecular flexibility index (Phi) is 3.66. The summed E-state index contributed by atoms with van der Waals surface area (Å²) in [5.41, 5.74) is 1.11. The molecule has 0 saturated heterocycles. The second kappa shape index (κ2) is 5.61. The standard InChI is InChI=1S/C16H13NO3S/c18-15(11-5-1-2-6-12(11)16(19)20)17-9-10-21-14-8-4-3-7-13(14)17/h1-8H,9-10H2,(H,19,20). The van der Waals surface area contributed by atoms with Crippen molar-refractivity contribution in [2.45, 2.75) is 4.90 Å². The molecule has 1 aliphatic heterocycles. The van der Waals surface area contributed by atoms with Crippen molar-refractivity contribution in [3.05, 3.63) is 59.7 Å². The van der Waals surface area contributed by atoms with E-state index in [1.807, 2.05) is 24.3 Å². The molecule has 0 radical (unpaired) electrons. The van der Waals surface area contributed by atoms with Gasteiger partial charge in [0.1, 0.15) is 0 Å². The number of fused-ring (bicyclic) bond motifs is 1. The van der Waals surface area contributed by atoms with E-state index in [0.717, 1.165) is 16.3 Å². The topological polar surface area (TPSA) is 57.6 Å². The third-order valence-electron chi connectivity index (χ3n) is 3.36. The van der Waals surface area contributed by atoms with E-state index in [4.69, 9.17) is 0 Å². The normalized spacial score (nSPS) is 13.6. The zero-order valence-electron chi connectivity index (χ0n) is 11.2. The molecule has 21 heavy (non-hydrogen) atoms. The van der Waals surface area contributed by atoms with Gasteiger partial charge < -0.3 is 10.0 Å². The van der Waals surface area contributed by atoms with Gasteiger partial charge in [-0.2, -0.15) is 0 Å². The summed E-state index contributed by atoms with van der Waals surface area (Å²) in [6.07, 6.45) is 0. The number of carboxylic acids is 1. The average Bonchev–Trinajstić information content (AvgIpc) is 2.53. The maximum atomic E-state index is 12.7. The summed E-state index contributed by atoms with van der Waals surface area (Å²) in [5.74, 6) is -0.544. The van der Waals surface area contributed by atoms with Gasteiger partial charge in [-0.25, -0.2) is 4.79 Å². The van der Waals surface area contributed by atoms with Gasteiger partial charge in [0.05, 0.1) is 16.8 Å². The van der Waals surface area contributed by atoms with E-state index in [-0.39, 0.29) is 17.0 Å². The summed E-state index contributed by atoms with van der Waals surface area (Å²) in [7, 11) is 0. The number of carbonyl (C=O) groups is 2. The van der Waals surface area contributed by atoms with Crippen LogP contribution < -0.4 is 4.90 Å². The van der Waals surface area contributed by atoms with Crippen LogP contribution in [0.3, 0.4) is 0 Å². The lowest BCUT2D eigenvalue weighted by molar-refractivity contribution is 0.0692. The highest BCUT2D eigenvalue weighted by Crippen LogP contribution is 2.35. The quantitative estimate of drug-likeness (QED) is 0.925. The third kappa shape index (κ3) is 2.52. The molecule has 0 atom stereocenters. The number of thioether (sulfide) groups is 1. The first-order valence-electron chi connectivity index (χ1n) is 6.54. The minimum absolute atomic E-state index is 0.0400. The van der Waals surface area contributed by atoms with Gasteiger partial charge in [-0.1, -0.05) is 24.3 Å². The van der Waals surface area contributed by atoms with E-state index in [0.29, 0.717) is 6.54 Å². The Morgan fingerprint density at radius 2 is 1.67 bits per heavy atom. The van der Waals surface area contributed by atoms with Crippen molar-refractivity contribution in [3.8, 4) is 0 Å². The molecule has 1 aliphatic rings. The summed E-state index contributed by atoms with van der Waals surface area (Å²) in [6.45, 7) is 0.578. The Hall–Kier alpha value is -2.27. The zero-order valence-corrected chi connectivity index (χ0v) is 12.0. The molecule has 0 bridgehead atoms. The molecule has 0 aromatic heterocycles. The van der Waals surface area contributed by atoms with Crippen LogP contribution in [0.25, 0.3) is 0 Å². The summed E-state index contributed by atoms with van der Waals surface area (Å²) in [5, 5.41) is 9.23. The molecule has 4 nitrogen and oxygen atoms in total. The summed E-state index contributed by atoms with van der Waals surface area (Å²) in [6, 6.07) is 14.0. The molecule has 0 fully saturated rings. The molecule has 1 amide bonds. The second-order valence-electron chi connectivity index (χ2n) is 4.62. The first-order chi connectivity index (χ1) is 10.2. The Labute approximate surface area is 126 Å². The van der Waals surface area contributed by atoms with E-state index in [2.05, 4.69) is 0 Å². The van der Waals surface area contributed by atoms with Crippen LogP contribution in [-0.2, 0) is 0 Å². The molecule has 5 heteroatoms. The predicted molar refractivity (Wildman–Crippen MR) is 82.2 cm³/mol. The van der Waals surface area contributed by atoms with Crippen molar-refractivity contribution in [2.24, 2.45) is 0 Å². The molecule has 1 heterocycles. The Balaban J connectivity index is 2.03. The molecule has 2 aromatic rings. The fourth-order valence-corrected chi connectivity index (χ4v) is 3.38. The minimum Gasteiger partial charge on any atom is -0.478 e. The summed E-state index contributed by atoms with van der Waals surface area (Å²) >= 11 is 1.71. The highest BCUT2D eigenvalue weighted by atomic mass is 32.2. The highest BCUT2D eigenvalue weighted by molar-refractivity contribution is 7.99. The van der Waals surface area contributed by atoms with Gasteiger partial charge in [-0.3, -0.25) is 4.79 Å². The van der Waals surface area contributed by atoms with Crippen LogP contribution in [0, 0.1) is 0 Å². The lowest BCUT2D eigenvalue weighted by Gasteiger charge is -2.29. The van der Waals surface area contributed by atoms with Gasteiger partial charge in [0.25, 0.3) is 5.91 Å². The van der Waals surface area contributed by atoms with Crippen LogP contribution in [0.4, 0.5) is 5.69 Å². The van der Waals surface area contributed by atoms with Crippen LogP contribution in [0.2, 0.25) is 0 Å². The highest BCUT2D eigenvalue weighted by Gasteiger charge is 2.26. The van der Waals surface area contributed by atoms with E-state index in [9.17, 15) is 14.7 Å². The summed E-state index contributed by atoms with van der Waals surface area (Å²) in [4.78, 5) is 26.7. The van der Waals surface area contributed by atoms with Crippen LogP contribution in [0.5, 0.6) is 0 Å². The zero-order chi connectivity index (χ0) is 14.8. The Morgan fingerprint density at radius 1 is 1.00 bits per heavy atom. The van der Waals surface area contributed by atoms with E-state index < -0.39 is 5.97 Å². The SMILES string of the molecule is O=C(O)c1ccccc1C(=O)N1CCSc2ccccc21. The Morgan fingerprint density at radius 3 is 2.43 bits per heavy atom. The van der Waals surface area contributed by atoms with E-state index >= 15 is 0 Å². The van der Waals surface area contributed by atoms with Crippen LogP contribution in [-0.4, -0.2) is 29.3 Å². The number of para-hydroxylation sites is 1. The number of hydrogen-bond donors (Lipinski definition) is 1. The van der Waals surface area contributed by atoms with Crippen molar-refractivity contribution >= 4 is 29.3 Å². The summed E-state index contributed by atoms with van der Waals surface area (Å²) < 4.78 is 0. The number of rotatable bonds is 2. The number of carboxylic acid groups (broad SMARTS) is 1. The van der Waals surface area contributed by atoms with Crippen molar-refractivity contribution in [1.82, 2.24) is 0 Å². The maximum Gasteiger partial charge on any atom is 0.336 e. The van der Waals surface area contributed by atoms with Crippen LogP contribution >= 0.6 is 11.8 Å². The van der Waals surface area contributed by atoms with Crippen molar-refractivity contribution in [1.29, 1.82) is 0 Å². The number of carbonyl (C=O) groups excluding carboxylic acids is 1. The molecule has 2 aromatic carbocycles. The molecule has 1 N–H and O–H groups in total. The second-order valence-corrected chi connectivity index (χ2v) is 5.76. The monoisotopic (exact) mass is 299 g/mol. The largest absolute Gasteiger partial charge is 0.478 e. The minimum atomic E-state index is -1.08. The van der Waals surface area contributed by atoms with Gasteiger partial charge in [0.2, 0.25) is 0 Å². The molecule has 0 spiro atoms. The van der Waals surface area contributed by atoms with Crippen LogP contribution in [0.1, 0.15) is 20.7 Å². The maximum absolute atomic E-state index is 12.7. The fraction of sp³-hybridized carbons (Fsp3) is 0.125. The number of amides is 1.